The lowest BCUT2D eigenvalue weighted by Gasteiger charge is -2.19. The van der Waals surface area contributed by atoms with E-state index in [4.69, 9.17) is 4.52 Å². The van der Waals surface area contributed by atoms with Crippen LogP contribution in [0.25, 0.3) is 0 Å². The fourth-order valence-electron chi connectivity index (χ4n) is 2.56. The van der Waals surface area contributed by atoms with Crippen LogP contribution in [0.2, 0.25) is 0 Å². The summed E-state index contributed by atoms with van der Waals surface area (Å²) >= 11 is 1.97. The maximum absolute atomic E-state index is 5.45. The van der Waals surface area contributed by atoms with Crippen LogP contribution in [0.4, 0.5) is 0 Å². The lowest BCUT2D eigenvalue weighted by atomic mass is 9.98. The van der Waals surface area contributed by atoms with Gasteiger partial charge in [0.05, 0.1) is 5.25 Å². The first kappa shape index (κ1) is 11.5. The lowest BCUT2D eigenvalue weighted by Crippen LogP contribution is -2.27. The largest absolute Gasteiger partial charge is 0.338 e. The number of nitrogens with one attached hydrogen (secondary N) is 1. The van der Waals surface area contributed by atoms with Crippen molar-refractivity contribution in [1.82, 2.24) is 15.5 Å². The van der Waals surface area contributed by atoms with Gasteiger partial charge in [0, 0.05) is 5.92 Å². The maximum atomic E-state index is 5.45. The van der Waals surface area contributed by atoms with Crippen LogP contribution < -0.4 is 5.32 Å². The summed E-state index contributed by atoms with van der Waals surface area (Å²) < 4.78 is 5.45. The topological polar surface area (TPSA) is 51.0 Å². The summed E-state index contributed by atoms with van der Waals surface area (Å²) in [4.78, 5) is 4.63. The number of rotatable bonds is 2. The molecular weight excluding hydrogens is 234 g/mol. The van der Waals surface area contributed by atoms with Crippen molar-refractivity contribution in [3.8, 4) is 0 Å². The van der Waals surface area contributed by atoms with Gasteiger partial charge in [-0.15, -0.1) is 11.8 Å². The minimum Gasteiger partial charge on any atom is -0.338 e. The van der Waals surface area contributed by atoms with E-state index < -0.39 is 0 Å². The van der Waals surface area contributed by atoms with Crippen molar-refractivity contribution in [1.29, 1.82) is 0 Å². The Morgan fingerprint density at radius 2 is 2.06 bits per heavy atom. The first-order valence-electron chi connectivity index (χ1n) is 6.59. The van der Waals surface area contributed by atoms with E-state index in [-0.39, 0.29) is 0 Å². The second kappa shape index (κ2) is 5.40. The van der Waals surface area contributed by atoms with Gasteiger partial charge in [-0.1, -0.05) is 11.6 Å². The second-order valence-corrected chi connectivity index (χ2v) is 6.18. The Morgan fingerprint density at radius 3 is 2.82 bits per heavy atom. The summed E-state index contributed by atoms with van der Waals surface area (Å²) in [5, 5.41) is 8.00. The molecule has 0 aliphatic carbocycles. The first-order chi connectivity index (χ1) is 8.43. The lowest BCUT2D eigenvalue weighted by molar-refractivity contribution is 0.354. The predicted molar refractivity (Wildman–Crippen MR) is 68.2 cm³/mol. The number of aromatic nitrogens is 2. The molecule has 1 atom stereocenters. The molecule has 1 aromatic heterocycles. The third kappa shape index (κ3) is 2.65. The van der Waals surface area contributed by atoms with Gasteiger partial charge in [0.15, 0.2) is 5.82 Å². The molecule has 1 unspecified atom stereocenters. The third-order valence-corrected chi connectivity index (χ3v) is 4.98. The number of nitrogens with zero attached hydrogens (tertiary/aromatic N) is 2. The Labute approximate surface area is 106 Å². The van der Waals surface area contributed by atoms with Crippen molar-refractivity contribution in [2.24, 2.45) is 0 Å². The van der Waals surface area contributed by atoms with Gasteiger partial charge in [-0.05, 0) is 44.5 Å². The highest BCUT2D eigenvalue weighted by Crippen LogP contribution is 2.38. The minimum atomic E-state index is 0.451. The van der Waals surface area contributed by atoms with Crippen molar-refractivity contribution in [2.45, 2.75) is 43.3 Å². The average Bonchev–Trinajstić information content (AvgIpc) is 2.90. The van der Waals surface area contributed by atoms with Crippen molar-refractivity contribution in [3.63, 3.8) is 0 Å². The maximum Gasteiger partial charge on any atom is 0.239 e. The summed E-state index contributed by atoms with van der Waals surface area (Å²) in [6.45, 7) is 2.15. The van der Waals surface area contributed by atoms with Gasteiger partial charge in [-0.3, -0.25) is 0 Å². The monoisotopic (exact) mass is 253 g/mol. The van der Waals surface area contributed by atoms with E-state index >= 15 is 0 Å². The normalized spacial score (nSPS) is 27.2. The molecular formula is C12H19N3OS. The molecule has 0 spiro atoms. The van der Waals surface area contributed by atoms with E-state index in [1.54, 1.807) is 0 Å². The van der Waals surface area contributed by atoms with Gasteiger partial charge in [-0.2, -0.15) is 4.98 Å². The zero-order valence-corrected chi connectivity index (χ0v) is 10.8. The number of hydrogen-bond donors (Lipinski definition) is 1. The standard InChI is InChI=1S/C12H19N3OS/c1-2-8-17-10(3-1)12-14-11(15-16-12)9-4-6-13-7-5-9/h9-10,13H,1-8H2. The molecule has 2 saturated heterocycles. The molecule has 1 aromatic rings. The molecule has 0 aromatic carbocycles. The fourth-order valence-corrected chi connectivity index (χ4v) is 3.79. The van der Waals surface area contributed by atoms with Gasteiger partial charge in [0.25, 0.3) is 0 Å². The van der Waals surface area contributed by atoms with Gasteiger partial charge in [0.1, 0.15) is 0 Å². The molecule has 1 N–H and O–H groups in total. The molecule has 0 saturated carbocycles. The van der Waals surface area contributed by atoms with Gasteiger partial charge in [0.2, 0.25) is 5.89 Å². The van der Waals surface area contributed by atoms with E-state index in [0.29, 0.717) is 11.2 Å². The van der Waals surface area contributed by atoms with E-state index in [1.807, 2.05) is 11.8 Å². The van der Waals surface area contributed by atoms with Crippen molar-refractivity contribution in [3.05, 3.63) is 11.7 Å². The highest BCUT2D eigenvalue weighted by Gasteiger charge is 2.25. The Balaban J connectivity index is 1.68. The molecule has 2 fully saturated rings. The third-order valence-electron chi connectivity index (χ3n) is 3.62. The van der Waals surface area contributed by atoms with E-state index in [0.717, 1.165) is 37.6 Å². The quantitative estimate of drug-likeness (QED) is 0.877. The number of thioether (sulfide) groups is 1. The summed E-state index contributed by atoms with van der Waals surface area (Å²) in [7, 11) is 0. The first-order valence-corrected chi connectivity index (χ1v) is 7.64. The van der Waals surface area contributed by atoms with Gasteiger partial charge in [-0.25, -0.2) is 0 Å². The van der Waals surface area contributed by atoms with Gasteiger partial charge >= 0.3 is 0 Å². The molecule has 4 nitrogen and oxygen atoms in total. The summed E-state index contributed by atoms with van der Waals surface area (Å²) in [5.41, 5.74) is 0. The number of hydrogen-bond acceptors (Lipinski definition) is 5. The predicted octanol–water partition coefficient (Wildman–Crippen LogP) is 2.49. The fraction of sp³-hybridized carbons (Fsp3) is 0.833. The van der Waals surface area contributed by atoms with Crippen LogP contribution in [-0.4, -0.2) is 29.0 Å². The Kier molecular flexibility index (Phi) is 3.66. The van der Waals surface area contributed by atoms with Crippen molar-refractivity contribution < 1.29 is 4.52 Å². The van der Waals surface area contributed by atoms with E-state index in [9.17, 15) is 0 Å². The summed E-state index contributed by atoms with van der Waals surface area (Å²) in [5.74, 6) is 3.54. The summed E-state index contributed by atoms with van der Waals surface area (Å²) in [6, 6.07) is 0. The molecule has 17 heavy (non-hydrogen) atoms. The van der Waals surface area contributed by atoms with Crippen LogP contribution in [0.1, 0.15) is 55.0 Å². The molecule has 94 valence electrons. The van der Waals surface area contributed by atoms with E-state index in [1.165, 1.54) is 25.0 Å². The molecule has 2 aliphatic heterocycles. The van der Waals surface area contributed by atoms with Crippen LogP contribution in [0.5, 0.6) is 0 Å². The van der Waals surface area contributed by atoms with Crippen LogP contribution in [-0.2, 0) is 0 Å². The zero-order chi connectivity index (χ0) is 11.5. The highest BCUT2D eigenvalue weighted by molar-refractivity contribution is 7.99. The molecule has 3 rings (SSSR count). The molecule has 5 heteroatoms. The molecule has 3 heterocycles. The smallest absolute Gasteiger partial charge is 0.239 e. The van der Waals surface area contributed by atoms with E-state index in [2.05, 4.69) is 15.5 Å². The Morgan fingerprint density at radius 1 is 1.18 bits per heavy atom. The molecule has 2 aliphatic rings. The molecule has 0 amide bonds. The second-order valence-electron chi connectivity index (χ2n) is 4.87. The van der Waals surface area contributed by atoms with Crippen molar-refractivity contribution in [2.75, 3.05) is 18.8 Å². The average molecular weight is 253 g/mol. The Hall–Kier alpha value is -0.550. The minimum absolute atomic E-state index is 0.451. The van der Waals surface area contributed by atoms with Crippen LogP contribution >= 0.6 is 11.8 Å². The SMILES string of the molecule is C1CCC(c2nc(C3CCNCC3)no2)SC1. The Bertz CT molecular complexity index is 324. The van der Waals surface area contributed by atoms with Gasteiger partial charge < -0.3 is 9.84 Å². The van der Waals surface area contributed by atoms with Crippen LogP contribution in [0.15, 0.2) is 4.52 Å². The van der Waals surface area contributed by atoms with Crippen LogP contribution in [0.3, 0.4) is 0 Å². The molecule has 0 bridgehead atoms. The highest BCUT2D eigenvalue weighted by atomic mass is 32.2. The zero-order valence-electron chi connectivity index (χ0n) is 10.0. The number of piperidine rings is 1. The van der Waals surface area contributed by atoms with Crippen LogP contribution in [0, 0.1) is 0 Å². The van der Waals surface area contributed by atoms with Crippen molar-refractivity contribution >= 4 is 11.8 Å². The molecule has 0 radical (unpaired) electrons. The summed E-state index contributed by atoms with van der Waals surface area (Å²) in [6.07, 6.45) is 6.09.